The number of carbonyl (C=O) groups is 2. The van der Waals surface area contributed by atoms with Crippen molar-refractivity contribution in [1.29, 1.82) is 0 Å². The Balaban J connectivity index is 4.42. The zero-order chi connectivity index (χ0) is 14.3. The minimum absolute atomic E-state index is 0.150. The van der Waals surface area contributed by atoms with Gasteiger partial charge in [0, 0.05) is 6.54 Å². The van der Waals surface area contributed by atoms with Gasteiger partial charge in [-0.1, -0.05) is 20.8 Å². The average Bonchev–Trinajstić information content (AvgIpc) is 2.24. The Kier molecular flexibility index (Phi) is 6.68. The second kappa shape index (κ2) is 7.20. The molecule has 3 amide bonds. The number of carbonyl (C=O) groups excluding carboxylic acids is 2. The fourth-order valence-electron chi connectivity index (χ4n) is 1.40. The van der Waals surface area contributed by atoms with Gasteiger partial charge < -0.3 is 21.5 Å². The standard InChI is InChI=1S/C12H25N3O3/c1-5-12(4,18)7-14-10(16)9(6-8(2)3)15-11(13)17/h8-9,18H,5-7H2,1-4H3,(H,14,16)(H3,13,15,17). The lowest BCUT2D eigenvalue weighted by molar-refractivity contribution is -0.124. The number of aliphatic hydroxyl groups is 1. The van der Waals surface area contributed by atoms with Crippen LogP contribution in [-0.4, -0.2) is 35.2 Å². The monoisotopic (exact) mass is 259 g/mol. The Hall–Kier alpha value is -1.30. The third-order valence-electron chi connectivity index (χ3n) is 2.75. The van der Waals surface area contributed by atoms with Crippen LogP contribution in [-0.2, 0) is 4.79 Å². The van der Waals surface area contributed by atoms with E-state index < -0.39 is 17.7 Å². The topological polar surface area (TPSA) is 104 Å². The lowest BCUT2D eigenvalue weighted by Crippen LogP contribution is -2.51. The van der Waals surface area contributed by atoms with Crippen LogP contribution in [0.2, 0.25) is 0 Å². The molecule has 0 bridgehead atoms. The first-order chi connectivity index (χ1) is 8.18. The number of hydrogen-bond donors (Lipinski definition) is 4. The number of nitrogens with one attached hydrogen (secondary N) is 2. The van der Waals surface area contributed by atoms with E-state index in [0.717, 1.165) is 0 Å². The van der Waals surface area contributed by atoms with Gasteiger partial charge in [0.25, 0.3) is 0 Å². The molecule has 2 unspecified atom stereocenters. The van der Waals surface area contributed by atoms with Crippen molar-refractivity contribution in [3.05, 3.63) is 0 Å². The average molecular weight is 259 g/mol. The Labute approximate surface area is 108 Å². The van der Waals surface area contributed by atoms with Gasteiger partial charge in [0.1, 0.15) is 6.04 Å². The van der Waals surface area contributed by atoms with Crippen LogP contribution in [0.1, 0.15) is 40.5 Å². The summed E-state index contributed by atoms with van der Waals surface area (Å²) in [4.78, 5) is 22.7. The predicted octanol–water partition coefficient (Wildman–Crippen LogP) is 0.347. The van der Waals surface area contributed by atoms with E-state index >= 15 is 0 Å². The fourth-order valence-corrected chi connectivity index (χ4v) is 1.40. The molecule has 5 N–H and O–H groups in total. The molecule has 0 heterocycles. The molecule has 0 aromatic carbocycles. The highest BCUT2D eigenvalue weighted by molar-refractivity contribution is 5.86. The second-order valence-electron chi connectivity index (χ2n) is 5.26. The predicted molar refractivity (Wildman–Crippen MR) is 69.9 cm³/mol. The van der Waals surface area contributed by atoms with Crippen LogP contribution >= 0.6 is 0 Å². The molecule has 106 valence electrons. The number of urea groups is 1. The van der Waals surface area contributed by atoms with Gasteiger partial charge in [-0.25, -0.2) is 4.79 Å². The number of hydrogen-bond acceptors (Lipinski definition) is 3. The molecular weight excluding hydrogens is 234 g/mol. The van der Waals surface area contributed by atoms with E-state index in [2.05, 4.69) is 10.6 Å². The van der Waals surface area contributed by atoms with Gasteiger partial charge in [-0.05, 0) is 25.7 Å². The Bertz CT molecular complexity index is 290. The molecule has 0 aromatic heterocycles. The lowest BCUT2D eigenvalue weighted by atomic mass is 10.0. The van der Waals surface area contributed by atoms with Crippen molar-refractivity contribution < 1.29 is 14.7 Å². The summed E-state index contributed by atoms with van der Waals surface area (Å²) in [7, 11) is 0. The minimum Gasteiger partial charge on any atom is -0.388 e. The van der Waals surface area contributed by atoms with Gasteiger partial charge in [-0.15, -0.1) is 0 Å². The third-order valence-corrected chi connectivity index (χ3v) is 2.75. The van der Waals surface area contributed by atoms with Crippen molar-refractivity contribution in [2.24, 2.45) is 11.7 Å². The third kappa shape index (κ3) is 7.11. The van der Waals surface area contributed by atoms with E-state index in [9.17, 15) is 14.7 Å². The summed E-state index contributed by atoms with van der Waals surface area (Å²) < 4.78 is 0. The maximum Gasteiger partial charge on any atom is 0.312 e. The molecule has 6 nitrogen and oxygen atoms in total. The van der Waals surface area contributed by atoms with E-state index in [1.165, 1.54) is 0 Å². The number of nitrogens with two attached hydrogens (primary N) is 1. The SMILES string of the molecule is CCC(C)(O)CNC(=O)C(CC(C)C)NC(N)=O. The maximum atomic E-state index is 11.9. The van der Waals surface area contributed by atoms with Crippen LogP contribution in [0, 0.1) is 5.92 Å². The highest BCUT2D eigenvalue weighted by atomic mass is 16.3. The summed E-state index contributed by atoms with van der Waals surface area (Å²) in [5.74, 6) is -0.0736. The number of primary amides is 1. The van der Waals surface area contributed by atoms with Crippen molar-refractivity contribution in [1.82, 2.24) is 10.6 Å². The summed E-state index contributed by atoms with van der Waals surface area (Å²) >= 11 is 0. The molecule has 0 fully saturated rings. The van der Waals surface area contributed by atoms with Crippen LogP contribution in [0.4, 0.5) is 4.79 Å². The molecule has 0 aliphatic carbocycles. The van der Waals surface area contributed by atoms with Crippen molar-refractivity contribution in [2.45, 2.75) is 52.2 Å². The van der Waals surface area contributed by atoms with E-state index in [1.54, 1.807) is 6.92 Å². The van der Waals surface area contributed by atoms with Gasteiger partial charge in [-0.3, -0.25) is 4.79 Å². The Morgan fingerprint density at radius 1 is 1.39 bits per heavy atom. The molecule has 6 heteroatoms. The molecule has 0 aromatic rings. The molecule has 2 atom stereocenters. The first kappa shape index (κ1) is 16.7. The van der Waals surface area contributed by atoms with Crippen LogP contribution in [0.25, 0.3) is 0 Å². The van der Waals surface area contributed by atoms with Gasteiger partial charge in [0.15, 0.2) is 0 Å². The highest BCUT2D eigenvalue weighted by Crippen LogP contribution is 2.08. The van der Waals surface area contributed by atoms with E-state index in [1.807, 2.05) is 20.8 Å². The van der Waals surface area contributed by atoms with Crippen LogP contribution in [0.15, 0.2) is 0 Å². The second-order valence-corrected chi connectivity index (χ2v) is 5.26. The highest BCUT2D eigenvalue weighted by Gasteiger charge is 2.24. The molecule has 0 saturated carbocycles. The first-order valence-corrected chi connectivity index (χ1v) is 6.24. The number of amides is 3. The van der Waals surface area contributed by atoms with E-state index in [-0.39, 0.29) is 18.4 Å². The normalized spacial score (nSPS) is 15.9. The first-order valence-electron chi connectivity index (χ1n) is 6.24. The Morgan fingerprint density at radius 2 is 1.94 bits per heavy atom. The summed E-state index contributed by atoms with van der Waals surface area (Å²) in [5.41, 5.74) is 4.10. The zero-order valence-electron chi connectivity index (χ0n) is 11.6. The fraction of sp³-hybridized carbons (Fsp3) is 0.833. The summed E-state index contributed by atoms with van der Waals surface area (Å²) in [6, 6.07) is -1.38. The quantitative estimate of drug-likeness (QED) is 0.530. The van der Waals surface area contributed by atoms with Crippen molar-refractivity contribution >= 4 is 11.9 Å². The van der Waals surface area contributed by atoms with Crippen molar-refractivity contribution in [2.75, 3.05) is 6.54 Å². The molecule has 18 heavy (non-hydrogen) atoms. The smallest absolute Gasteiger partial charge is 0.312 e. The lowest BCUT2D eigenvalue weighted by Gasteiger charge is -2.24. The molecule has 0 aliphatic rings. The van der Waals surface area contributed by atoms with Gasteiger partial charge in [0.2, 0.25) is 5.91 Å². The maximum absolute atomic E-state index is 11.9. The molecule has 0 aliphatic heterocycles. The van der Waals surface area contributed by atoms with E-state index in [4.69, 9.17) is 5.73 Å². The van der Waals surface area contributed by atoms with Gasteiger partial charge in [-0.2, -0.15) is 0 Å². The number of rotatable bonds is 7. The summed E-state index contributed by atoms with van der Waals surface area (Å²) in [6.45, 7) is 7.53. The van der Waals surface area contributed by atoms with Gasteiger partial charge in [0.05, 0.1) is 5.60 Å². The molecule has 0 spiro atoms. The largest absolute Gasteiger partial charge is 0.388 e. The van der Waals surface area contributed by atoms with Crippen LogP contribution in [0.5, 0.6) is 0 Å². The summed E-state index contributed by atoms with van der Waals surface area (Å²) in [5, 5.41) is 14.8. The van der Waals surface area contributed by atoms with Crippen LogP contribution in [0.3, 0.4) is 0 Å². The molecule has 0 rings (SSSR count). The molecule has 0 saturated heterocycles. The zero-order valence-corrected chi connectivity index (χ0v) is 11.6. The van der Waals surface area contributed by atoms with Crippen LogP contribution < -0.4 is 16.4 Å². The Morgan fingerprint density at radius 3 is 2.33 bits per heavy atom. The molecule has 0 radical (unpaired) electrons. The molecular formula is C12H25N3O3. The summed E-state index contributed by atoms with van der Waals surface area (Å²) in [6.07, 6.45) is 1.04. The minimum atomic E-state index is -0.940. The van der Waals surface area contributed by atoms with Crippen molar-refractivity contribution in [3.8, 4) is 0 Å². The van der Waals surface area contributed by atoms with Gasteiger partial charge >= 0.3 is 6.03 Å². The van der Waals surface area contributed by atoms with Crippen molar-refractivity contribution in [3.63, 3.8) is 0 Å². The van der Waals surface area contributed by atoms with E-state index in [0.29, 0.717) is 12.8 Å².